The average Bonchev–Trinajstić information content (AvgIpc) is 3.23. The van der Waals surface area contributed by atoms with Crippen molar-refractivity contribution < 1.29 is 13.6 Å². The second-order valence-corrected chi connectivity index (χ2v) is 6.15. The molecule has 0 aliphatic heterocycles. The number of oxazole rings is 1. The highest BCUT2D eigenvalue weighted by Crippen LogP contribution is 2.22. The molecule has 1 amide bonds. The van der Waals surface area contributed by atoms with Gasteiger partial charge in [0.25, 0.3) is 5.89 Å². The predicted molar refractivity (Wildman–Crippen MR) is 95.6 cm³/mol. The van der Waals surface area contributed by atoms with Crippen LogP contribution in [0.25, 0.3) is 11.7 Å². The smallest absolute Gasteiger partial charge is 0.263 e. The molecule has 3 heterocycles. The maximum Gasteiger partial charge on any atom is 0.263 e. The number of carbonyl (C=O) groups is 1. The van der Waals surface area contributed by atoms with Crippen LogP contribution in [0.5, 0.6) is 0 Å². The maximum atomic E-state index is 12.3. The first-order chi connectivity index (χ1) is 12.4. The minimum absolute atomic E-state index is 0.126. The van der Waals surface area contributed by atoms with E-state index in [9.17, 15) is 4.79 Å². The molecule has 1 N–H and O–H groups in total. The second-order valence-electron chi connectivity index (χ2n) is 6.15. The van der Waals surface area contributed by atoms with Crippen LogP contribution < -0.4 is 10.2 Å². The van der Waals surface area contributed by atoms with Crippen molar-refractivity contribution in [2.75, 3.05) is 19.0 Å². The zero-order valence-electron chi connectivity index (χ0n) is 15.2. The largest absolute Gasteiger partial charge is 0.459 e. The van der Waals surface area contributed by atoms with Crippen molar-refractivity contribution in [3.63, 3.8) is 0 Å². The lowest BCUT2D eigenvalue weighted by Gasteiger charge is -2.12. The topological polar surface area (TPSA) is 97.3 Å². The molecule has 0 bridgehead atoms. The zero-order valence-corrected chi connectivity index (χ0v) is 15.2. The molecule has 0 saturated heterocycles. The first-order valence-electron chi connectivity index (χ1n) is 8.21. The number of nitrogens with one attached hydrogen (secondary N) is 1. The van der Waals surface area contributed by atoms with Crippen LogP contribution in [0, 0.1) is 13.8 Å². The first-order valence-corrected chi connectivity index (χ1v) is 8.21. The molecular formula is C18H21N5O3. The van der Waals surface area contributed by atoms with Crippen molar-refractivity contribution in [2.45, 2.75) is 26.8 Å². The number of nitrogens with zero attached hydrogens (tertiary/aromatic N) is 4. The van der Waals surface area contributed by atoms with Gasteiger partial charge in [0, 0.05) is 19.8 Å². The van der Waals surface area contributed by atoms with E-state index in [2.05, 4.69) is 20.3 Å². The Labute approximate surface area is 151 Å². The number of hydrogen-bond donors (Lipinski definition) is 1. The van der Waals surface area contributed by atoms with E-state index in [0.29, 0.717) is 35.6 Å². The number of furan rings is 1. The minimum Gasteiger partial charge on any atom is -0.459 e. The Morgan fingerprint density at radius 3 is 2.73 bits per heavy atom. The number of carbonyl (C=O) groups excluding carboxylic acids is 1. The summed E-state index contributed by atoms with van der Waals surface area (Å²) in [4.78, 5) is 27.2. The van der Waals surface area contributed by atoms with Gasteiger partial charge in [0.1, 0.15) is 5.76 Å². The Bertz CT molecular complexity index is 900. The van der Waals surface area contributed by atoms with Crippen molar-refractivity contribution in [1.29, 1.82) is 0 Å². The number of aromatic nitrogens is 3. The third-order valence-corrected chi connectivity index (χ3v) is 3.71. The fourth-order valence-electron chi connectivity index (χ4n) is 2.41. The van der Waals surface area contributed by atoms with Crippen LogP contribution >= 0.6 is 0 Å². The van der Waals surface area contributed by atoms with E-state index < -0.39 is 0 Å². The molecule has 0 fully saturated rings. The zero-order chi connectivity index (χ0) is 18.7. The second kappa shape index (κ2) is 7.38. The molecule has 0 spiro atoms. The summed E-state index contributed by atoms with van der Waals surface area (Å²) in [5.74, 6) is 1.96. The molecule has 0 saturated carbocycles. The highest BCUT2D eigenvalue weighted by atomic mass is 16.4. The van der Waals surface area contributed by atoms with E-state index in [1.165, 1.54) is 0 Å². The van der Waals surface area contributed by atoms with E-state index in [4.69, 9.17) is 8.83 Å². The van der Waals surface area contributed by atoms with Crippen LogP contribution in [0.1, 0.15) is 22.8 Å². The summed E-state index contributed by atoms with van der Waals surface area (Å²) in [6, 6.07) is 5.37. The van der Waals surface area contributed by atoms with Gasteiger partial charge in [0.2, 0.25) is 11.9 Å². The number of hydrogen-bond acceptors (Lipinski definition) is 7. The first kappa shape index (κ1) is 17.7. The van der Waals surface area contributed by atoms with E-state index in [1.54, 1.807) is 25.3 Å². The summed E-state index contributed by atoms with van der Waals surface area (Å²) in [5.41, 5.74) is 2.19. The van der Waals surface area contributed by atoms with Crippen LogP contribution in [-0.4, -0.2) is 35.0 Å². The van der Waals surface area contributed by atoms with Crippen LogP contribution in [0.3, 0.4) is 0 Å². The molecule has 26 heavy (non-hydrogen) atoms. The molecule has 3 aromatic heterocycles. The van der Waals surface area contributed by atoms with E-state index >= 15 is 0 Å². The van der Waals surface area contributed by atoms with E-state index in [1.807, 2.05) is 32.0 Å². The third-order valence-electron chi connectivity index (χ3n) is 3.71. The standard InChI is InChI=1S/C18H21N5O3/c1-11-8-13(21-18(20-11)23(3)4)10-19-16(24)9-14-12(2)26-17(22-14)15-6-5-7-25-15/h5-8H,9-10H2,1-4H3,(H,19,24). The molecule has 3 aromatic rings. The van der Waals surface area contributed by atoms with Gasteiger partial charge in [0.05, 0.1) is 30.6 Å². The molecule has 8 heteroatoms. The summed E-state index contributed by atoms with van der Waals surface area (Å²) in [7, 11) is 3.75. The molecule has 0 radical (unpaired) electrons. The van der Waals surface area contributed by atoms with Gasteiger partial charge >= 0.3 is 0 Å². The van der Waals surface area contributed by atoms with Crippen LogP contribution in [0.2, 0.25) is 0 Å². The monoisotopic (exact) mass is 355 g/mol. The highest BCUT2D eigenvalue weighted by molar-refractivity contribution is 5.78. The van der Waals surface area contributed by atoms with E-state index in [0.717, 1.165) is 11.4 Å². The van der Waals surface area contributed by atoms with Gasteiger partial charge in [-0.25, -0.2) is 15.0 Å². The summed E-state index contributed by atoms with van der Waals surface area (Å²) in [6.45, 7) is 4.00. The van der Waals surface area contributed by atoms with E-state index in [-0.39, 0.29) is 12.3 Å². The molecule has 0 aliphatic rings. The van der Waals surface area contributed by atoms with Crippen LogP contribution in [0.4, 0.5) is 5.95 Å². The molecule has 0 atom stereocenters. The van der Waals surface area contributed by atoms with Crippen molar-refractivity contribution >= 4 is 11.9 Å². The number of rotatable bonds is 6. The van der Waals surface area contributed by atoms with Gasteiger partial charge < -0.3 is 19.1 Å². The van der Waals surface area contributed by atoms with Gasteiger partial charge in [-0.15, -0.1) is 0 Å². The SMILES string of the molecule is Cc1cc(CNC(=O)Cc2nc(-c3ccco3)oc2C)nc(N(C)C)n1. The van der Waals surface area contributed by atoms with Gasteiger partial charge in [-0.1, -0.05) is 0 Å². The predicted octanol–water partition coefficient (Wildman–Crippen LogP) is 2.27. The maximum absolute atomic E-state index is 12.3. The van der Waals surface area contributed by atoms with Gasteiger partial charge in [-0.3, -0.25) is 4.79 Å². The summed E-state index contributed by atoms with van der Waals surface area (Å²) < 4.78 is 10.8. The van der Waals surface area contributed by atoms with Crippen molar-refractivity contribution in [3.8, 4) is 11.7 Å². The Balaban J connectivity index is 1.63. The van der Waals surface area contributed by atoms with Gasteiger partial charge in [-0.05, 0) is 32.0 Å². The molecule has 3 rings (SSSR count). The minimum atomic E-state index is -0.157. The third kappa shape index (κ3) is 4.08. The molecule has 0 aromatic carbocycles. The lowest BCUT2D eigenvalue weighted by Crippen LogP contribution is -2.26. The highest BCUT2D eigenvalue weighted by Gasteiger charge is 2.16. The Hall–Kier alpha value is -3.16. The van der Waals surface area contributed by atoms with Crippen molar-refractivity contribution in [1.82, 2.24) is 20.3 Å². The lowest BCUT2D eigenvalue weighted by molar-refractivity contribution is -0.120. The molecule has 136 valence electrons. The molecule has 0 aliphatic carbocycles. The normalized spacial score (nSPS) is 10.8. The number of aryl methyl sites for hydroxylation is 2. The van der Waals surface area contributed by atoms with Gasteiger partial charge in [0.15, 0.2) is 5.76 Å². The fourth-order valence-corrected chi connectivity index (χ4v) is 2.41. The molecule has 8 nitrogen and oxygen atoms in total. The molecular weight excluding hydrogens is 334 g/mol. The fraction of sp³-hybridized carbons (Fsp3) is 0.333. The molecule has 0 unspecified atom stereocenters. The number of amides is 1. The van der Waals surface area contributed by atoms with Crippen LogP contribution in [-0.2, 0) is 17.8 Å². The Morgan fingerprint density at radius 2 is 2.04 bits per heavy atom. The van der Waals surface area contributed by atoms with Gasteiger partial charge in [-0.2, -0.15) is 0 Å². The average molecular weight is 355 g/mol. The Morgan fingerprint density at radius 1 is 1.23 bits per heavy atom. The lowest BCUT2D eigenvalue weighted by atomic mass is 10.2. The quantitative estimate of drug-likeness (QED) is 0.724. The Kier molecular flexibility index (Phi) is 5.01. The number of anilines is 1. The summed E-state index contributed by atoms with van der Waals surface area (Å²) >= 11 is 0. The summed E-state index contributed by atoms with van der Waals surface area (Å²) in [5, 5.41) is 2.86. The van der Waals surface area contributed by atoms with Crippen LogP contribution in [0.15, 0.2) is 33.3 Å². The van der Waals surface area contributed by atoms with Crippen molar-refractivity contribution in [2.24, 2.45) is 0 Å². The summed E-state index contributed by atoms with van der Waals surface area (Å²) in [6.07, 6.45) is 1.67. The van der Waals surface area contributed by atoms with Crippen molar-refractivity contribution in [3.05, 3.63) is 47.3 Å².